The standard InChI is InChI=1S/C31H36Cl2N2O5/c1-3-39-24-17-11-10-16-23(18-24)29(36)34-25-28(33)35(30(25)37)26(20(2)19-32)31(38)40-27(21-12-6-4-7-13-21)22-14-8-5-9-15-22/h4-9,12-15,23-28H,2-3,10-11,16-19H2,1H3,(H,34,36). The molecule has 1 saturated heterocycles. The molecule has 2 amide bonds. The van der Waals surface area contributed by atoms with Gasteiger partial charge in [-0.15, -0.1) is 11.6 Å². The molecule has 1 aliphatic heterocycles. The molecule has 9 heteroatoms. The summed E-state index contributed by atoms with van der Waals surface area (Å²) in [5, 5.41) is 2.82. The maximum atomic E-state index is 13.6. The maximum Gasteiger partial charge on any atom is 0.334 e. The molecule has 7 nitrogen and oxygen atoms in total. The number of β-lactam (4-membered cyclic amide) rings is 1. The number of hydrogen-bond acceptors (Lipinski definition) is 5. The lowest BCUT2D eigenvalue weighted by molar-refractivity contribution is -0.165. The Kier molecular flexibility index (Phi) is 10.6. The molecule has 2 aliphatic rings. The largest absolute Gasteiger partial charge is 0.451 e. The summed E-state index contributed by atoms with van der Waals surface area (Å²) < 4.78 is 11.8. The van der Waals surface area contributed by atoms with Gasteiger partial charge in [0.25, 0.3) is 5.91 Å². The monoisotopic (exact) mass is 586 g/mol. The zero-order valence-corrected chi connectivity index (χ0v) is 24.2. The molecule has 4 rings (SSSR count). The molecular weight excluding hydrogens is 551 g/mol. The van der Waals surface area contributed by atoms with Crippen LogP contribution >= 0.6 is 23.2 Å². The first-order valence-corrected chi connectivity index (χ1v) is 14.7. The number of amides is 2. The number of ether oxygens (including phenoxy) is 2. The minimum Gasteiger partial charge on any atom is -0.451 e. The minimum atomic E-state index is -1.20. The van der Waals surface area contributed by atoms with Gasteiger partial charge < -0.3 is 19.7 Å². The maximum absolute atomic E-state index is 13.6. The van der Waals surface area contributed by atoms with E-state index >= 15 is 0 Å². The molecule has 2 aromatic carbocycles. The van der Waals surface area contributed by atoms with Crippen LogP contribution < -0.4 is 5.32 Å². The van der Waals surface area contributed by atoms with Gasteiger partial charge in [-0.1, -0.05) is 91.7 Å². The SMILES string of the molecule is C=C(CCl)C(C(=O)OC(c1ccccc1)c1ccccc1)N1C(=O)C(NC(=O)C2CCCCC(OCC)C2)C1Cl. The first-order chi connectivity index (χ1) is 19.3. The predicted octanol–water partition coefficient (Wildman–Crippen LogP) is 5.36. The molecule has 1 saturated carbocycles. The van der Waals surface area contributed by atoms with Gasteiger partial charge in [-0.2, -0.15) is 0 Å². The second kappa shape index (κ2) is 14.2. The average molecular weight is 588 g/mol. The van der Waals surface area contributed by atoms with Gasteiger partial charge in [-0.25, -0.2) is 4.79 Å². The Hall–Kier alpha value is -2.87. The number of hydrogen-bond donors (Lipinski definition) is 1. The lowest BCUT2D eigenvalue weighted by Gasteiger charge is -2.47. The highest BCUT2D eigenvalue weighted by atomic mass is 35.5. The van der Waals surface area contributed by atoms with Crippen molar-refractivity contribution in [1.82, 2.24) is 10.2 Å². The Morgan fingerprint density at radius 1 is 1.05 bits per heavy atom. The van der Waals surface area contributed by atoms with Crippen LogP contribution in [0.2, 0.25) is 0 Å². The van der Waals surface area contributed by atoms with E-state index in [9.17, 15) is 14.4 Å². The first kappa shape index (κ1) is 30.1. The summed E-state index contributed by atoms with van der Waals surface area (Å²) in [5.74, 6) is -1.74. The number of carbonyl (C=O) groups excluding carboxylic acids is 3. The van der Waals surface area contributed by atoms with Gasteiger partial charge in [-0.05, 0) is 42.9 Å². The van der Waals surface area contributed by atoms with Gasteiger partial charge >= 0.3 is 5.97 Å². The first-order valence-electron chi connectivity index (χ1n) is 13.8. The van der Waals surface area contributed by atoms with Crippen LogP contribution in [-0.4, -0.2) is 58.9 Å². The second-order valence-electron chi connectivity index (χ2n) is 10.2. The van der Waals surface area contributed by atoms with Crippen molar-refractivity contribution >= 4 is 41.0 Å². The topological polar surface area (TPSA) is 84.9 Å². The lowest BCUT2D eigenvalue weighted by Crippen LogP contribution is -2.72. The van der Waals surface area contributed by atoms with E-state index < -0.39 is 35.6 Å². The Morgan fingerprint density at radius 3 is 2.20 bits per heavy atom. The van der Waals surface area contributed by atoms with Gasteiger partial charge in [0, 0.05) is 18.4 Å². The number of nitrogens with zero attached hydrogens (tertiary/aromatic N) is 1. The van der Waals surface area contributed by atoms with Gasteiger partial charge in [0.15, 0.2) is 12.1 Å². The third-order valence-electron chi connectivity index (χ3n) is 7.51. The van der Waals surface area contributed by atoms with E-state index in [-0.39, 0.29) is 29.4 Å². The van der Waals surface area contributed by atoms with Crippen molar-refractivity contribution in [3.05, 3.63) is 83.9 Å². The molecule has 1 heterocycles. The van der Waals surface area contributed by atoms with Gasteiger partial charge in [0.2, 0.25) is 5.91 Å². The van der Waals surface area contributed by atoms with Crippen molar-refractivity contribution in [1.29, 1.82) is 0 Å². The molecule has 2 aromatic rings. The van der Waals surface area contributed by atoms with Crippen molar-refractivity contribution in [2.24, 2.45) is 5.92 Å². The third-order valence-corrected chi connectivity index (χ3v) is 8.31. The van der Waals surface area contributed by atoms with Crippen LogP contribution in [0.5, 0.6) is 0 Å². The highest BCUT2D eigenvalue weighted by molar-refractivity contribution is 6.27. The van der Waals surface area contributed by atoms with E-state index in [0.717, 1.165) is 36.8 Å². The van der Waals surface area contributed by atoms with E-state index in [1.54, 1.807) is 0 Å². The molecule has 0 spiro atoms. The van der Waals surface area contributed by atoms with Crippen molar-refractivity contribution in [3.8, 4) is 0 Å². The van der Waals surface area contributed by atoms with E-state index in [2.05, 4.69) is 11.9 Å². The number of benzene rings is 2. The Bertz CT molecular complexity index is 1140. The van der Waals surface area contributed by atoms with Gasteiger partial charge in [0.05, 0.1) is 6.10 Å². The summed E-state index contributed by atoms with van der Waals surface area (Å²) in [6.07, 6.45) is 3.49. The van der Waals surface area contributed by atoms with E-state index in [4.69, 9.17) is 32.7 Å². The predicted molar refractivity (Wildman–Crippen MR) is 155 cm³/mol. The fourth-order valence-corrected chi connectivity index (χ4v) is 5.93. The summed E-state index contributed by atoms with van der Waals surface area (Å²) in [7, 11) is 0. The van der Waals surface area contributed by atoms with Crippen LogP contribution in [-0.2, 0) is 23.9 Å². The highest BCUT2D eigenvalue weighted by Gasteiger charge is 2.53. The van der Waals surface area contributed by atoms with Crippen LogP contribution in [0.1, 0.15) is 56.3 Å². The highest BCUT2D eigenvalue weighted by Crippen LogP contribution is 2.34. The summed E-state index contributed by atoms with van der Waals surface area (Å²) in [6, 6.07) is 16.5. The van der Waals surface area contributed by atoms with Crippen molar-refractivity contribution in [2.45, 2.75) is 68.8 Å². The van der Waals surface area contributed by atoms with Crippen molar-refractivity contribution in [2.75, 3.05) is 12.5 Å². The Balaban J connectivity index is 1.48. The minimum absolute atomic E-state index is 0.0250. The second-order valence-corrected chi connectivity index (χ2v) is 10.9. The Labute approximate surface area is 245 Å². The zero-order chi connectivity index (χ0) is 28.6. The third kappa shape index (κ3) is 6.88. The molecule has 1 aliphatic carbocycles. The van der Waals surface area contributed by atoms with Gasteiger partial charge in [0.1, 0.15) is 11.5 Å². The molecule has 5 unspecified atom stereocenters. The van der Waals surface area contributed by atoms with Crippen LogP contribution in [0.4, 0.5) is 0 Å². The van der Waals surface area contributed by atoms with Crippen LogP contribution in [0.15, 0.2) is 72.8 Å². The summed E-state index contributed by atoms with van der Waals surface area (Å²) in [6.45, 7) is 6.46. The number of likely N-dealkylation sites (tertiary alicyclic amines) is 1. The number of carbonyl (C=O) groups is 3. The average Bonchev–Trinajstić information content (AvgIpc) is 3.23. The molecular formula is C31H36Cl2N2O5. The van der Waals surface area contributed by atoms with Crippen LogP contribution in [0.25, 0.3) is 0 Å². The Morgan fingerprint density at radius 2 is 1.65 bits per heavy atom. The summed E-state index contributed by atoms with van der Waals surface area (Å²) in [5.41, 5.74) is 0.857. The molecule has 1 N–H and O–H groups in total. The number of alkyl halides is 2. The lowest BCUT2D eigenvalue weighted by atomic mass is 9.95. The van der Waals surface area contributed by atoms with Crippen molar-refractivity contribution < 1.29 is 23.9 Å². The van der Waals surface area contributed by atoms with Crippen LogP contribution in [0.3, 0.4) is 0 Å². The smallest absolute Gasteiger partial charge is 0.334 e. The van der Waals surface area contributed by atoms with Gasteiger partial charge in [-0.3, -0.25) is 9.59 Å². The molecule has 0 aromatic heterocycles. The normalized spacial score (nSPS) is 23.6. The molecule has 2 fully saturated rings. The van der Waals surface area contributed by atoms with Crippen LogP contribution in [0, 0.1) is 5.92 Å². The zero-order valence-electron chi connectivity index (χ0n) is 22.6. The van der Waals surface area contributed by atoms with E-state index in [1.165, 1.54) is 4.90 Å². The number of esters is 1. The summed E-state index contributed by atoms with van der Waals surface area (Å²) in [4.78, 5) is 41.3. The van der Waals surface area contributed by atoms with E-state index in [0.29, 0.717) is 13.0 Å². The molecule has 40 heavy (non-hydrogen) atoms. The molecule has 5 atom stereocenters. The number of rotatable bonds is 11. The molecule has 0 radical (unpaired) electrons. The molecule has 214 valence electrons. The summed E-state index contributed by atoms with van der Waals surface area (Å²) >= 11 is 12.7. The fraction of sp³-hybridized carbons (Fsp3) is 0.452. The number of nitrogens with one attached hydrogen (secondary N) is 1. The quantitative estimate of drug-likeness (QED) is 0.0956. The fourth-order valence-electron chi connectivity index (χ4n) is 5.41. The van der Waals surface area contributed by atoms with Crippen molar-refractivity contribution in [3.63, 3.8) is 0 Å². The van der Waals surface area contributed by atoms with E-state index in [1.807, 2.05) is 67.6 Å². The number of halogens is 2. The molecule has 0 bridgehead atoms.